The minimum absolute atomic E-state index is 0.234. The zero-order valence-electron chi connectivity index (χ0n) is 13.7. The number of thiazole rings is 1. The van der Waals surface area contributed by atoms with Crippen molar-refractivity contribution in [2.45, 2.75) is 51.0 Å². The van der Waals surface area contributed by atoms with E-state index in [-0.39, 0.29) is 5.91 Å². The number of aromatic nitrogens is 3. The van der Waals surface area contributed by atoms with Gasteiger partial charge in [0, 0.05) is 30.4 Å². The van der Waals surface area contributed by atoms with Gasteiger partial charge in [0.15, 0.2) is 10.8 Å². The molecule has 126 valence electrons. The van der Waals surface area contributed by atoms with Crippen LogP contribution in [0.5, 0.6) is 0 Å². The molecular formula is C18H22N4OS. The van der Waals surface area contributed by atoms with Gasteiger partial charge in [-0.15, -0.1) is 11.3 Å². The topological polar surface area (TPSA) is 59.0 Å². The predicted octanol–water partition coefficient (Wildman–Crippen LogP) is 3.32. The van der Waals surface area contributed by atoms with E-state index in [2.05, 4.69) is 19.9 Å². The van der Waals surface area contributed by atoms with E-state index in [0.29, 0.717) is 18.3 Å². The first-order chi connectivity index (χ1) is 11.8. The van der Waals surface area contributed by atoms with Gasteiger partial charge in [-0.05, 0) is 37.7 Å². The lowest BCUT2D eigenvalue weighted by atomic mass is 9.78. The van der Waals surface area contributed by atoms with Crippen molar-refractivity contribution in [1.29, 1.82) is 0 Å². The van der Waals surface area contributed by atoms with Crippen LogP contribution < -0.4 is 0 Å². The maximum absolute atomic E-state index is 12.8. The molecule has 1 saturated carbocycles. The van der Waals surface area contributed by atoms with E-state index in [1.165, 1.54) is 43.4 Å². The first-order valence-corrected chi connectivity index (χ1v) is 9.70. The molecule has 5 nitrogen and oxygen atoms in total. The van der Waals surface area contributed by atoms with Crippen LogP contribution in [0.25, 0.3) is 10.8 Å². The molecule has 2 fully saturated rings. The van der Waals surface area contributed by atoms with Gasteiger partial charge in [0.1, 0.15) is 0 Å². The number of piperidine rings is 1. The highest BCUT2D eigenvalue weighted by Crippen LogP contribution is 2.35. The second kappa shape index (κ2) is 6.97. The summed E-state index contributed by atoms with van der Waals surface area (Å²) in [5.41, 5.74) is 0.838. The first kappa shape index (κ1) is 15.7. The summed E-state index contributed by atoms with van der Waals surface area (Å²) in [6.45, 7) is 0.915. The molecule has 0 bridgehead atoms. The average Bonchev–Trinajstić information content (AvgIpc) is 3.10. The third-order valence-corrected chi connectivity index (χ3v) is 6.09. The van der Waals surface area contributed by atoms with Gasteiger partial charge in [0.25, 0.3) is 0 Å². The number of likely N-dealkylation sites (tertiary alicyclic amines) is 1. The first-order valence-electron chi connectivity index (χ1n) is 8.82. The molecule has 2 atom stereocenters. The minimum atomic E-state index is 0.234. The number of fused-ring (bicyclic) bond motifs is 1. The molecule has 2 aromatic rings. The van der Waals surface area contributed by atoms with Gasteiger partial charge >= 0.3 is 0 Å². The van der Waals surface area contributed by atoms with Crippen molar-refractivity contribution in [3.8, 4) is 10.8 Å². The quantitative estimate of drug-likeness (QED) is 0.858. The second-order valence-corrected chi connectivity index (χ2v) is 7.59. The fourth-order valence-electron chi connectivity index (χ4n) is 4.09. The van der Waals surface area contributed by atoms with E-state index >= 15 is 0 Å². The Morgan fingerprint density at radius 3 is 2.83 bits per heavy atom. The lowest BCUT2D eigenvalue weighted by molar-refractivity contribution is -0.136. The Hall–Kier alpha value is -1.82. The zero-order valence-corrected chi connectivity index (χ0v) is 14.5. The largest absolute Gasteiger partial charge is 0.339 e. The molecule has 24 heavy (non-hydrogen) atoms. The van der Waals surface area contributed by atoms with Crippen LogP contribution in [0.3, 0.4) is 0 Å². The third-order valence-electron chi connectivity index (χ3n) is 5.20. The Balaban J connectivity index is 1.45. The van der Waals surface area contributed by atoms with E-state index in [1.54, 1.807) is 18.5 Å². The molecule has 1 aliphatic heterocycles. The summed E-state index contributed by atoms with van der Waals surface area (Å²) >= 11 is 1.51. The Bertz CT molecular complexity index is 700. The van der Waals surface area contributed by atoms with Crippen molar-refractivity contribution in [1.82, 2.24) is 19.9 Å². The van der Waals surface area contributed by atoms with Crippen molar-refractivity contribution >= 4 is 17.2 Å². The Kier molecular flexibility index (Phi) is 4.56. The Labute approximate surface area is 146 Å². The lowest BCUT2D eigenvalue weighted by Gasteiger charge is -2.44. The second-order valence-electron chi connectivity index (χ2n) is 6.73. The molecule has 1 saturated heterocycles. The summed E-state index contributed by atoms with van der Waals surface area (Å²) in [6, 6.07) is 2.26. The highest BCUT2D eigenvalue weighted by molar-refractivity contribution is 7.13. The van der Waals surface area contributed by atoms with Gasteiger partial charge in [-0.25, -0.2) is 15.0 Å². The van der Waals surface area contributed by atoms with E-state index in [4.69, 9.17) is 0 Å². The fourth-order valence-corrected chi connectivity index (χ4v) is 4.86. The van der Waals surface area contributed by atoms with E-state index < -0.39 is 0 Å². The lowest BCUT2D eigenvalue weighted by Crippen LogP contribution is -2.50. The predicted molar refractivity (Wildman–Crippen MR) is 93.5 cm³/mol. The molecule has 0 unspecified atom stereocenters. The number of carbonyl (C=O) groups is 1. The van der Waals surface area contributed by atoms with Gasteiger partial charge in [0.05, 0.1) is 12.1 Å². The number of carbonyl (C=O) groups excluding carboxylic acids is 1. The van der Waals surface area contributed by atoms with Crippen LogP contribution in [0, 0.1) is 5.92 Å². The summed E-state index contributed by atoms with van der Waals surface area (Å²) in [4.78, 5) is 28.0. The van der Waals surface area contributed by atoms with Gasteiger partial charge in [0.2, 0.25) is 5.91 Å². The third kappa shape index (κ3) is 3.20. The molecule has 4 rings (SSSR count). The number of nitrogens with zero attached hydrogens (tertiary/aromatic N) is 4. The molecule has 2 aromatic heterocycles. The summed E-state index contributed by atoms with van der Waals surface area (Å²) < 4.78 is 0. The van der Waals surface area contributed by atoms with Gasteiger partial charge in [-0.3, -0.25) is 4.79 Å². The molecule has 6 heteroatoms. The van der Waals surface area contributed by atoms with Crippen LogP contribution in [-0.4, -0.2) is 38.3 Å². The molecule has 0 N–H and O–H groups in total. The van der Waals surface area contributed by atoms with Gasteiger partial charge in [-0.2, -0.15) is 0 Å². The Morgan fingerprint density at radius 2 is 1.96 bits per heavy atom. The van der Waals surface area contributed by atoms with Crippen molar-refractivity contribution in [3.63, 3.8) is 0 Å². The SMILES string of the molecule is O=C(Cc1csc(-c2ncccn2)n1)N1CCC[C@@H]2CCCC[C@H]21. The van der Waals surface area contributed by atoms with E-state index in [9.17, 15) is 4.79 Å². The number of rotatable bonds is 3. The average molecular weight is 342 g/mol. The minimum Gasteiger partial charge on any atom is -0.339 e. The van der Waals surface area contributed by atoms with Crippen LogP contribution in [0.4, 0.5) is 0 Å². The van der Waals surface area contributed by atoms with Crippen LogP contribution in [0.15, 0.2) is 23.8 Å². The highest BCUT2D eigenvalue weighted by Gasteiger charge is 2.35. The van der Waals surface area contributed by atoms with E-state index in [0.717, 1.165) is 29.6 Å². The van der Waals surface area contributed by atoms with Gasteiger partial charge in [-0.1, -0.05) is 12.8 Å². The fraction of sp³-hybridized carbons (Fsp3) is 0.556. The Morgan fingerprint density at radius 1 is 1.17 bits per heavy atom. The molecule has 3 heterocycles. The van der Waals surface area contributed by atoms with E-state index in [1.807, 2.05) is 5.38 Å². The highest BCUT2D eigenvalue weighted by atomic mass is 32.1. The molecule has 0 radical (unpaired) electrons. The molecule has 0 aromatic carbocycles. The van der Waals surface area contributed by atoms with Crippen LogP contribution >= 0.6 is 11.3 Å². The zero-order chi connectivity index (χ0) is 16.4. The standard InChI is InChI=1S/C18H22N4OS/c23-16(22-10-3-6-13-5-1-2-7-15(13)22)11-14-12-24-18(21-14)17-19-8-4-9-20-17/h4,8-9,12-13,15H,1-3,5-7,10-11H2/t13-,15+/m0/s1. The summed E-state index contributed by atoms with van der Waals surface area (Å²) in [5.74, 6) is 1.59. The molecule has 1 amide bonds. The number of hydrogen-bond acceptors (Lipinski definition) is 5. The number of amides is 1. The van der Waals surface area contributed by atoms with Crippen LogP contribution in [0.2, 0.25) is 0 Å². The summed E-state index contributed by atoms with van der Waals surface area (Å²) in [5, 5.41) is 2.75. The maximum Gasteiger partial charge on any atom is 0.228 e. The van der Waals surface area contributed by atoms with Crippen molar-refractivity contribution in [2.75, 3.05) is 6.54 Å². The molecular weight excluding hydrogens is 320 g/mol. The van der Waals surface area contributed by atoms with Crippen molar-refractivity contribution in [3.05, 3.63) is 29.5 Å². The van der Waals surface area contributed by atoms with Crippen LogP contribution in [-0.2, 0) is 11.2 Å². The summed E-state index contributed by atoms with van der Waals surface area (Å²) in [7, 11) is 0. The normalized spacial score (nSPS) is 23.8. The molecule has 2 aliphatic rings. The number of hydrogen-bond donors (Lipinski definition) is 0. The molecule has 0 spiro atoms. The molecule has 1 aliphatic carbocycles. The maximum atomic E-state index is 12.8. The monoisotopic (exact) mass is 342 g/mol. The van der Waals surface area contributed by atoms with Crippen LogP contribution in [0.1, 0.15) is 44.2 Å². The summed E-state index contributed by atoms with van der Waals surface area (Å²) in [6.07, 6.45) is 11.3. The smallest absolute Gasteiger partial charge is 0.228 e. The van der Waals surface area contributed by atoms with Crippen molar-refractivity contribution in [2.24, 2.45) is 5.92 Å². The van der Waals surface area contributed by atoms with Crippen molar-refractivity contribution < 1.29 is 4.79 Å². The van der Waals surface area contributed by atoms with Gasteiger partial charge < -0.3 is 4.90 Å².